The summed E-state index contributed by atoms with van der Waals surface area (Å²) in [5, 5.41) is 24.2. The van der Waals surface area contributed by atoms with Gasteiger partial charge in [-0.15, -0.1) is 29.5 Å². The number of para-hydroxylation sites is 1. The Hall–Kier alpha value is -2.42. The standard InChI is InChI=1S/C37H50N4OS3/c1-2-3-4-5-6-7-8-9-10-11-12-13-14-15-16-23-28-44-33-29-32(43)34(36(35(33)42)45-31-26-21-18-22-27-31)37-38-39-40-41(37)30-24-19-17-20-25-30/h17-22,24-27,29,42-43H,2-16,23,28H2,1H3. The molecule has 0 saturated heterocycles. The molecule has 0 spiro atoms. The highest BCUT2D eigenvalue weighted by molar-refractivity contribution is 8.00. The van der Waals surface area contributed by atoms with Crippen molar-refractivity contribution in [2.45, 2.75) is 129 Å². The molecule has 3 aromatic carbocycles. The lowest BCUT2D eigenvalue weighted by Crippen LogP contribution is -2.01. The first-order valence-electron chi connectivity index (χ1n) is 17.0. The molecule has 0 atom stereocenters. The van der Waals surface area contributed by atoms with E-state index in [1.54, 1.807) is 16.4 Å². The van der Waals surface area contributed by atoms with Crippen LogP contribution in [0.2, 0.25) is 0 Å². The van der Waals surface area contributed by atoms with Gasteiger partial charge in [-0.05, 0) is 52.9 Å². The summed E-state index contributed by atoms with van der Waals surface area (Å²) in [6, 6.07) is 21.9. The zero-order chi connectivity index (χ0) is 31.5. The van der Waals surface area contributed by atoms with Crippen molar-refractivity contribution in [3.05, 3.63) is 66.7 Å². The molecule has 0 bridgehead atoms. The Morgan fingerprint density at radius 3 is 1.82 bits per heavy atom. The van der Waals surface area contributed by atoms with Crippen LogP contribution >= 0.6 is 36.2 Å². The minimum atomic E-state index is 0.265. The van der Waals surface area contributed by atoms with E-state index in [-0.39, 0.29) is 5.75 Å². The van der Waals surface area contributed by atoms with Gasteiger partial charge in [0.25, 0.3) is 0 Å². The second kappa shape index (κ2) is 20.7. The molecular weight excluding hydrogens is 613 g/mol. The lowest BCUT2D eigenvalue weighted by atomic mass is 10.0. The van der Waals surface area contributed by atoms with Crippen LogP contribution in [0.3, 0.4) is 0 Å². The Kier molecular flexibility index (Phi) is 16.3. The number of thiol groups is 1. The third-order valence-electron chi connectivity index (χ3n) is 8.11. The van der Waals surface area contributed by atoms with Gasteiger partial charge in [-0.1, -0.05) is 151 Å². The number of phenols is 1. The Morgan fingerprint density at radius 1 is 0.711 bits per heavy atom. The molecule has 45 heavy (non-hydrogen) atoms. The SMILES string of the molecule is CCCCCCCCCCCCCCCCCCSc1cc(S)c(-c2nnnn2-c2ccccc2)c(Sc2ccccc2)c1O. The first-order valence-corrected chi connectivity index (χ1v) is 19.2. The van der Waals surface area contributed by atoms with Gasteiger partial charge in [-0.25, -0.2) is 0 Å². The number of aromatic nitrogens is 4. The number of tetrazole rings is 1. The minimum Gasteiger partial charge on any atom is -0.506 e. The molecule has 242 valence electrons. The van der Waals surface area contributed by atoms with Gasteiger partial charge in [-0.3, -0.25) is 0 Å². The molecule has 1 heterocycles. The summed E-state index contributed by atoms with van der Waals surface area (Å²) in [5.41, 5.74) is 1.58. The van der Waals surface area contributed by atoms with Gasteiger partial charge < -0.3 is 5.11 Å². The number of aromatic hydroxyl groups is 1. The summed E-state index contributed by atoms with van der Waals surface area (Å²) in [5.74, 6) is 1.78. The van der Waals surface area contributed by atoms with Crippen LogP contribution in [-0.4, -0.2) is 31.1 Å². The fourth-order valence-corrected chi connectivity index (χ4v) is 8.18. The fourth-order valence-electron chi connectivity index (χ4n) is 5.56. The maximum Gasteiger partial charge on any atom is 0.189 e. The molecule has 0 aliphatic rings. The van der Waals surface area contributed by atoms with Gasteiger partial charge in [0.15, 0.2) is 5.82 Å². The summed E-state index contributed by atoms with van der Waals surface area (Å²) in [7, 11) is 0. The molecular formula is C37H50N4OS3. The zero-order valence-corrected chi connectivity index (χ0v) is 29.4. The molecule has 0 unspecified atom stereocenters. The van der Waals surface area contributed by atoms with Crippen LogP contribution in [0.4, 0.5) is 0 Å². The molecule has 1 aromatic heterocycles. The van der Waals surface area contributed by atoms with Crippen molar-refractivity contribution in [3.8, 4) is 22.8 Å². The maximum absolute atomic E-state index is 11.6. The van der Waals surface area contributed by atoms with Crippen molar-refractivity contribution in [2.75, 3.05) is 5.75 Å². The predicted molar refractivity (Wildman–Crippen MR) is 194 cm³/mol. The van der Waals surface area contributed by atoms with E-state index in [9.17, 15) is 5.11 Å². The van der Waals surface area contributed by atoms with Crippen molar-refractivity contribution < 1.29 is 5.11 Å². The summed E-state index contributed by atoms with van der Waals surface area (Å²) < 4.78 is 1.70. The number of benzene rings is 3. The Labute approximate surface area is 284 Å². The van der Waals surface area contributed by atoms with Crippen LogP contribution in [-0.2, 0) is 0 Å². The van der Waals surface area contributed by atoms with Crippen LogP contribution in [0.1, 0.15) is 110 Å². The topological polar surface area (TPSA) is 63.8 Å². The van der Waals surface area contributed by atoms with Crippen molar-refractivity contribution in [3.63, 3.8) is 0 Å². The highest BCUT2D eigenvalue weighted by Crippen LogP contribution is 2.48. The number of hydrogen-bond donors (Lipinski definition) is 2. The van der Waals surface area contributed by atoms with Crippen molar-refractivity contribution >= 4 is 36.2 Å². The van der Waals surface area contributed by atoms with E-state index in [0.29, 0.717) is 5.82 Å². The van der Waals surface area contributed by atoms with Gasteiger partial charge in [0.2, 0.25) is 0 Å². The summed E-state index contributed by atoms with van der Waals surface area (Å²) in [6.45, 7) is 2.29. The van der Waals surface area contributed by atoms with Gasteiger partial charge in [-0.2, -0.15) is 4.68 Å². The molecule has 4 rings (SSSR count). The first kappa shape index (κ1) is 35.4. The predicted octanol–water partition coefficient (Wildman–Crippen LogP) is 11.8. The Balaban J connectivity index is 1.25. The second-order valence-electron chi connectivity index (χ2n) is 11.8. The van der Waals surface area contributed by atoms with E-state index in [4.69, 9.17) is 12.6 Å². The lowest BCUT2D eigenvalue weighted by Gasteiger charge is -2.17. The van der Waals surface area contributed by atoms with Crippen LogP contribution < -0.4 is 0 Å². The molecule has 1 N–H and O–H groups in total. The average molecular weight is 663 g/mol. The van der Waals surface area contributed by atoms with E-state index >= 15 is 0 Å². The van der Waals surface area contributed by atoms with E-state index in [1.165, 1.54) is 108 Å². The molecule has 0 radical (unpaired) electrons. The monoisotopic (exact) mass is 662 g/mol. The maximum atomic E-state index is 11.6. The largest absolute Gasteiger partial charge is 0.506 e. The number of unbranched alkanes of at least 4 members (excludes halogenated alkanes) is 15. The molecule has 8 heteroatoms. The van der Waals surface area contributed by atoms with Gasteiger partial charge in [0.1, 0.15) is 5.75 Å². The average Bonchev–Trinajstić information content (AvgIpc) is 3.55. The third kappa shape index (κ3) is 11.7. The van der Waals surface area contributed by atoms with E-state index < -0.39 is 0 Å². The van der Waals surface area contributed by atoms with Crippen LogP contribution in [0, 0.1) is 0 Å². The van der Waals surface area contributed by atoms with Crippen molar-refractivity contribution in [2.24, 2.45) is 0 Å². The van der Waals surface area contributed by atoms with Gasteiger partial charge in [0, 0.05) is 9.79 Å². The molecule has 0 aliphatic carbocycles. The summed E-state index contributed by atoms with van der Waals surface area (Å²) in [6.07, 6.45) is 21.9. The summed E-state index contributed by atoms with van der Waals surface area (Å²) >= 11 is 8.13. The number of rotatable bonds is 22. The van der Waals surface area contributed by atoms with Crippen LogP contribution in [0.25, 0.3) is 17.1 Å². The third-order valence-corrected chi connectivity index (χ3v) is 10.7. The zero-order valence-electron chi connectivity index (χ0n) is 26.9. The highest BCUT2D eigenvalue weighted by atomic mass is 32.2. The van der Waals surface area contributed by atoms with E-state index in [1.807, 2.05) is 66.7 Å². The number of phenolic OH excluding ortho intramolecular Hbond substituents is 1. The second-order valence-corrected chi connectivity index (χ2v) is 14.5. The Bertz CT molecular complexity index is 1380. The number of nitrogens with zero attached hydrogens (tertiary/aromatic N) is 4. The van der Waals surface area contributed by atoms with Gasteiger partial charge >= 0.3 is 0 Å². The fraction of sp³-hybridized carbons (Fsp3) is 0.486. The first-order chi connectivity index (χ1) is 22.2. The highest BCUT2D eigenvalue weighted by Gasteiger charge is 2.24. The minimum absolute atomic E-state index is 0.265. The number of hydrogen-bond acceptors (Lipinski definition) is 7. The van der Waals surface area contributed by atoms with Crippen molar-refractivity contribution in [1.29, 1.82) is 0 Å². The molecule has 0 saturated carbocycles. The smallest absolute Gasteiger partial charge is 0.189 e. The normalized spacial score (nSPS) is 11.3. The molecule has 0 fully saturated rings. The number of thioether (sulfide) groups is 1. The molecule has 4 aromatic rings. The summed E-state index contributed by atoms with van der Waals surface area (Å²) in [4.78, 5) is 3.34. The quantitative estimate of drug-likeness (QED) is 0.0496. The van der Waals surface area contributed by atoms with Crippen molar-refractivity contribution in [1.82, 2.24) is 20.2 Å². The van der Waals surface area contributed by atoms with Gasteiger partial charge in [0.05, 0.1) is 21.0 Å². The molecule has 0 amide bonds. The van der Waals surface area contributed by atoms with Crippen LogP contribution in [0.5, 0.6) is 5.75 Å². The van der Waals surface area contributed by atoms with E-state index in [2.05, 4.69) is 22.4 Å². The Morgan fingerprint density at radius 2 is 1.24 bits per heavy atom. The lowest BCUT2D eigenvalue weighted by molar-refractivity contribution is 0.448. The van der Waals surface area contributed by atoms with E-state index in [0.717, 1.165) is 43.0 Å². The van der Waals surface area contributed by atoms with Crippen LogP contribution in [0.15, 0.2) is 86.3 Å². The molecule has 0 aliphatic heterocycles. The molecule has 5 nitrogen and oxygen atoms in total.